The second-order valence-electron chi connectivity index (χ2n) is 9.88. The van der Waals surface area contributed by atoms with Crippen LogP contribution >= 0.6 is 11.6 Å². The molecular weight excluding hydrogens is 525 g/mol. The Hall–Kier alpha value is -3.23. The molecule has 0 saturated heterocycles. The number of aryl methyl sites for hydroxylation is 1. The summed E-state index contributed by atoms with van der Waals surface area (Å²) < 4.78 is 35.0. The number of fused-ring (bicyclic) bond motifs is 1. The normalized spacial score (nSPS) is 12.5. The molecule has 1 amide bonds. The second-order valence-corrected chi connectivity index (χ2v) is 13.7. The fourth-order valence-corrected chi connectivity index (χ4v) is 5.67. The average molecular weight is 558 g/mol. The number of amides is 1. The zero-order valence-corrected chi connectivity index (χ0v) is 23.9. The van der Waals surface area contributed by atoms with Gasteiger partial charge in [-0.3, -0.25) is 9.00 Å². The Kier molecular flexibility index (Phi) is 7.95. The van der Waals surface area contributed by atoms with E-state index in [9.17, 15) is 13.4 Å². The third-order valence-corrected chi connectivity index (χ3v) is 9.43. The molecule has 0 bridgehead atoms. The van der Waals surface area contributed by atoms with Crippen LogP contribution in [0.3, 0.4) is 0 Å². The smallest absolute Gasteiger partial charge is 0.228 e. The van der Waals surface area contributed by atoms with Gasteiger partial charge < -0.3 is 14.6 Å². The Morgan fingerprint density at radius 2 is 1.82 bits per heavy atom. The Morgan fingerprint density at radius 3 is 2.45 bits per heavy atom. The molecule has 0 atom stereocenters. The van der Waals surface area contributed by atoms with Crippen molar-refractivity contribution in [2.45, 2.75) is 51.2 Å². The van der Waals surface area contributed by atoms with Crippen molar-refractivity contribution >= 4 is 44.2 Å². The molecule has 0 aliphatic heterocycles. The van der Waals surface area contributed by atoms with Crippen LogP contribution in [0.15, 0.2) is 65.6 Å². The van der Waals surface area contributed by atoms with Crippen LogP contribution in [-0.4, -0.2) is 31.7 Å². The summed E-state index contributed by atoms with van der Waals surface area (Å²) in [6.45, 7) is 8.22. The molecule has 0 aliphatic carbocycles. The fraction of sp³-hybridized carbons (Fsp3) is 0.310. The van der Waals surface area contributed by atoms with Crippen LogP contribution in [0, 0.1) is 5.82 Å². The number of benzene rings is 3. The first-order chi connectivity index (χ1) is 17.9. The largest absolute Gasteiger partial charge is 0.477 e. The van der Waals surface area contributed by atoms with Crippen LogP contribution in [0.5, 0.6) is 5.75 Å². The Labute approximate surface area is 228 Å². The van der Waals surface area contributed by atoms with E-state index in [-0.39, 0.29) is 18.1 Å². The Morgan fingerprint density at radius 1 is 1.11 bits per heavy atom. The number of thiol groups is 1. The lowest BCUT2D eigenvalue weighted by atomic mass is 10.1. The van der Waals surface area contributed by atoms with Crippen LogP contribution in [-0.2, 0) is 33.3 Å². The summed E-state index contributed by atoms with van der Waals surface area (Å²) >= 11 is 5.88. The molecule has 0 fully saturated rings. The molecule has 4 aromatic rings. The highest BCUT2D eigenvalue weighted by Crippen LogP contribution is 2.33. The number of anilines is 1. The van der Waals surface area contributed by atoms with E-state index in [1.54, 1.807) is 12.3 Å². The molecule has 1 aromatic heterocycles. The van der Waals surface area contributed by atoms with Gasteiger partial charge in [0.05, 0.1) is 17.5 Å². The number of halogens is 2. The van der Waals surface area contributed by atoms with E-state index in [2.05, 4.69) is 5.32 Å². The molecule has 0 spiro atoms. The van der Waals surface area contributed by atoms with E-state index in [0.717, 1.165) is 16.0 Å². The maximum atomic E-state index is 14.4. The molecule has 1 heterocycles. The van der Waals surface area contributed by atoms with Crippen molar-refractivity contribution < 1.29 is 18.1 Å². The third kappa shape index (κ3) is 5.92. The minimum Gasteiger partial charge on any atom is -0.477 e. The number of nitrogens with zero attached hydrogens (tertiary/aromatic N) is 2. The Balaban J connectivity index is 1.53. The first-order valence-electron chi connectivity index (χ1n) is 12.5. The van der Waals surface area contributed by atoms with Crippen molar-refractivity contribution in [3.8, 4) is 5.75 Å². The quantitative estimate of drug-likeness (QED) is 0.235. The summed E-state index contributed by atoms with van der Waals surface area (Å²) in [6.07, 6.45) is 1.97. The van der Waals surface area contributed by atoms with Gasteiger partial charge in [0.2, 0.25) is 5.91 Å². The van der Waals surface area contributed by atoms with Crippen LogP contribution in [0.2, 0.25) is 5.02 Å². The minimum atomic E-state index is -2.34. The van der Waals surface area contributed by atoms with Gasteiger partial charge in [-0.1, -0.05) is 40.6 Å². The van der Waals surface area contributed by atoms with E-state index in [1.807, 2.05) is 74.7 Å². The van der Waals surface area contributed by atoms with Gasteiger partial charge in [-0.2, -0.15) is 0 Å². The zero-order chi connectivity index (χ0) is 27.7. The lowest BCUT2D eigenvalue weighted by Gasteiger charge is -2.27. The number of carbonyl (C=O) groups excluding carboxylic acids is 1. The number of imidazole rings is 1. The summed E-state index contributed by atoms with van der Waals surface area (Å²) in [7, 11) is -2.34. The van der Waals surface area contributed by atoms with Gasteiger partial charge in [0, 0.05) is 27.9 Å². The predicted octanol–water partition coefficient (Wildman–Crippen LogP) is 6.37. The highest BCUT2D eigenvalue weighted by atomic mass is 35.5. The monoisotopic (exact) mass is 557 g/mol. The van der Waals surface area contributed by atoms with Crippen LogP contribution in [0.4, 0.5) is 10.1 Å². The fourth-order valence-electron chi connectivity index (χ4n) is 4.37. The van der Waals surface area contributed by atoms with Crippen LogP contribution in [0.1, 0.15) is 39.1 Å². The summed E-state index contributed by atoms with van der Waals surface area (Å²) in [4.78, 5) is 18.4. The van der Waals surface area contributed by atoms with E-state index < -0.39 is 21.4 Å². The molecule has 9 heteroatoms. The van der Waals surface area contributed by atoms with Crippen molar-refractivity contribution in [3.63, 3.8) is 0 Å². The predicted molar refractivity (Wildman–Crippen MR) is 154 cm³/mol. The van der Waals surface area contributed by atoms with Gasteiger partial charge in [0.15, 0.2) is 23.0 Å². The number of hydrogen-bond acceptors (Lipinski definition) is 4. The van der Waals surface area contributed by atoms with Gasteiger partial charge in [0.25, 0.3) is 0 Å². The first-order valence-corrected chi connectivity index (χ1v) is 15.3. The lowest BCUT2D eigenvalue weighted by Crippen LogP contribution is -2.30. The minimum absolute atomic E-state index is 0.0894. The topological polar surface area (TPSA) is 73.2 Å². The van der Waals surface area contributed by atoms with E-state index in [4.69, 9.17) is 21.3 Å². The first kappa shape index (κ1) is 27.8. The third-order valence-electron chi connectivity index (χ3n) is 6.60. The standard InChI is InChI=1S/C29H33ClFN3O3S/c1-6-34-25-14-11-21(32-27(35)16-19-8-12-22(13-9-19)38(5,36)7-2)18-24(25)33-28(34)29(3,4)37-26-15-10-20(30)17-23(26)31/h8-15,17-18,38H,6-7,16H2,1-5H3,(H,32,35). The molecular formula is C29H33ClFN3O3S. The zero-order valence-electron chi connectivity index (χ0n) is 22.2. The molecule has 0 radical (unpaired) electrons. The molecule has 6 nitrogen and oxygen atoms in total. The van der Waals surface area contributed by atoms with Gasteiger partial charge >= 0.3 is 0 Å². The van der Waals surface area contributed by atoms with E-state index >= 15 is 0 Å². The van der Waals surface area contributed by atoms with Crippen LogP contribution in [0.25, 0.3) is 11.0 Å². The summed E-state index contributed by atoms with van der Waals surface area (Å²) in [5.41, 5.74) is 2.09. The molecule has 3 aromatic carbocycles. The van der Waals surface area contributed by atoms with E-state index in [1.165, 1.54) is 12.1 Å². The van der Waals surface area contributed by atoms with Crippen molar-refractivity contribution in [2.24, 2.45) is 0 Å². The van der Waals surface area contributed by atoms with Gasteiger partial charge in [0.1, 0.15) is 0 Å². The summed E-state index contributed by atoms with van der Waals surface area (Å²) in [6, 6.07) is 17.3. The molecule has 0 unspecified atom stereocenters. The van der Waals surface area contributed by atoms with Crippen molar-refractivity contribution in [3.05, 3.63) is 82.9 Å². The SMILES string of the molecule is CCn1c(C(C)(C)Oc2ccc(Cl)cc2F)nc2cc(NC(=O)Cc3ccc([SH](C)(=O)CC)cc3)ccc21. The number of hydrogen-bond donors (Lipinski definition) is 2. The Bertz CT molecular complexity index is 1530. The van der Waals surface area contributed by atoms with Crippen molar-refractivity contribution in [1.82, 2.24) is 9.55 Å². The van der Waals surface area contributed by atoms with Crippen molar-refractivity contribution in [1.29, 1.82) is 0 Å². The highest BCUT2D eigenvalue weighted by molar-refractivity contribution is 8.02. The number of nitrogens with one attached hydrogen (secondary N) is 1. The van der Waals surface area contributed by atoms with Gasteiger partial charge in [-0.15, -0.1) is 0 Å². The number of carbonyl (C=O) groups is 1. The molecule has 0 saturated carbocycles. The number of ether oxygens (including phenoxy) is 1. The molecule has 0 aliphatic rings. The van der Waals surface area contributed by atoms with Gasteiger partial charge in [-0.05, 0) is 81.1 Å². The summed E-state index contributed by atoms with van der Waals surface area (Å²) in [5.74, 6) is 0.620. The average Bonchev–Trinajstić information content (AvgIpc) is 3.25. The molecule has 38 heavy (non-hydrogen) atoms. The molecule has 4 rings (SSSR count). The second kappa shape index (κ2) is 10.9. The maximum absolute atomic E-state index is 14.4. The van der Waals surface area contributed by atoms with Crippen LogP contribution < -0.4 is 10.1 Å². The lowest BCUT2D eigenvalue weighted by molar-refractivity contribution is -0.115. The number of rotatable bonds is 9. The molecule has 1 N–H and O–H groups in total. The van der Waals surface area contributed by atoms with Gasteiger partial charge in [-0.25, -0.2) is 9.37 Å². The van der Waals surface area contributed by atoms with Crippen molar-refractivity contribution in [2.75, 3.05) is 17.3 Å². The summed E-state index contributed by atoms with van der Waals surface area (Å²) in [5, 5.41) is 3.24. The highest BCUT2D eigenvalue weighted by Gasteiger charge is 2.30. The maximum Gasteiger partial charge on any atom is 0.228 e. The number of aromatic nitrogens is 2. The van der Waals surface area contributed by atoms with E-state index in [0.29, 0.717) is 34.3 Å². The molecule has 202 valence electrons.